The van der Waals surface area contributed by atoms with Gasteiger partial charge in [0.2, 0.25) is 0 Å². The fourth-order valence-electron chi connectivity index (χ4n) is 5.05. The number of hydrogen-bond acceptors (Lipinski definition) is 9. The van der Waals surface area contributed by atoms with Crippen molar-refractivity contribution in [3.8, 4) is 17.2 Å². The van der Waals surface area contributed by atoms with Gasteiger partial charge in [0.05, 0.1) is 27.0 Å². The van der Waals surface area contributed by atoms with E-state index in [1.807, 2.05) is 30.5 Å². The average Bonchev–Trinajstić information content (AvgIpc) is 3.04. The van der Waals surface area contributed by atoms with Crippen LogP contribution in [-0.2, 0) is 12.1 Å². The predicted octanol–water partition coefficient (Wildman–Crippen LogP) is 5.54. The molecule has 0 amide bonds. The molecular formula is C31H35FN6O4. The Morgan fingerprint density at radius 1 is 0.976 bits per heavy atom. The zero-order valence-corrected chi connectivity index (χ0v) is 24.3. The molecule has 1 aliphatic rings. The van der Waals surface area contributed by atoms with E-state index in [4.69, 9.17) is 19.2 Å². The third-order valence-electron chi connectivity index (χ3n) is 7.52. The second kappa shape index (κ2) is 12.2. The van der Waals surface area contributed by atoms with Gasteiger partial charge in [0.25, 0.3) is 0 Å². The average molecular weight is 575 g/mol. The highest BCUT2D eigenvalue weighted by Gasteiger charge is 2.34. The first-order valence-electron chi connectivity index (χ1n) is 13.7. The van der Waals surface area contributed by atoms with Crippen LogP contribution in [0.1, 0.15) is 61.2 Å². The molecule has 0 spiro atoms. The maximum Gasteiger partial charge on any atom is 0.148 e. The van der Waals surface area contributed by atoms with Crippen molar-refractivity contribution in [3.05, 3.63) is 83.5 Å². The Morgan fingerprint density at radius 2 is 1.76 bits per heavy atom. The predicted molar refractivity (Wildman–Crippen MR) is 157 cm³/mol. The Bertz CT molecular complexity index is 1610. The monoisotopic (exact) mass is 574 g/mol. The van der Waals surface area contributed by atoms with E-state index >= 15 is 0 Å². The quantitative estimate of drug-likeness (QED) is 0.236. The van der Waals surface area contributed by atoms with Gasteiger partial charge in [-0.3, -0.25) is 10.1 Å². The standard InChI is InChI=1S/C31H35FN6O4/c1-31(2,39)27-9-7-18(15-33-27)20-10-21(11-20)29-37-30(34-16-19-6-8-23(40-3)14-25(19)41-4)24-12-22(32)13-26(42-5)28(24)35-17-36-38-29/h6-9,12-15,17,20-21,34,39H,10-11,16H2,1-5H3,(H,37,38). The molecule has 2 heterocycles. The number of aliphatic hydroxyl groups is 1. The highest BCUT2D eigenvalue weighted by molar-refractivity contribution is 5.92. The molecule has 0 saturated heterocycles. The third kappa shape index (κ3) is 6.20. The zero-order valence-electron chi connectivity index (χ0n) is 24.3. The fraction of sp³-hybridized carbons (Fsp3) is 0.355. The molecule has 1 aliphatic carbocycles. The van der Waals surface area contributed by atoms with Gasteiger partial charge in [-0.2, -0.15) is 5.10 Å². The Balaban J connectivity index is 1.51. The summed E-state index contributed by atoms with van der Waals surface area (Å²) in [5.41, 5.74) is 2.00. The summed E-state index contributed by atoms with van der Waals surface area (Å²) in [5, 5.41) is 21.4. The number of nitrogens with one attached hydrogen (secondary N) is 2. The number of methoxy groups -OCH3 is 3. The van der Waals surface area contributed by atoms with Gasteiger partial charge in [-0.15, -0.1) is 0 Å². The molecule has 10 nitrogen and oxygen atoms in total. The Labute approximate surface area is 243 Å². The van der Waals surface area contributed by atoms with E-state index in [2.05, 4.69) is 25.5 Å². The fourth-order valence-corrected chi connectivity index (χ4v) is 5.05. The molecule has 0 unspecified atom stereocenters. The number of anilines is 1. The van der Waals surface area contributed by atoms with Crippen molar-refractivity contribution in [2.24, 2.45) is 0 Å². The maximum atomic E-state index is 14.8. The van der Waals surface area contributed by atoms with Crippen molar-refractivity contribution >= 4 is 16.7 Å². The van der Waals surface area contributed by atoms with E-state index in [0.29, 0.717) is 46.3 Å². The molecule has 1 saturated carbocycles. The molecule has 42 heavy (non-hydrogen) atoms. The second-order valence-electron chi connectivity index (χ2n) is 10.8. The Hall–Kier alpha value is -4.51. The summed E-state index contributed by atoms with van der Waals surface area (Å²) in [4.78, 5) is 13.9. The van der Waals surface area contributed by atoms with Crippen LogP contribution in [0.4, 0.5) is 10.2 Å². The van der Waals surface area contributed by atoms with Crippen molar-refractivity contribution in [1.82, 2.24) is 25.1 Å². The number of aromatic nitrogens is 5. The van der Waals surface area contributed by atoms with Crippen LogP contribution in [0.2, 0.25) is 0 Å². The summed E-state index contributed by atoms with van der Waals surface area (Å²) >= 11 is 0. The minimum absolute atomic E-state index is 0.0745. The number of rotatable bonds is 9. The highest BCUT2D eigenvalue weighted by Crippen LogP contribution is 2.46. The molecule has 2 aromatic carbocycles. The van der Waals surface area contributed by atoms with E-state index in [1.54, 1.807) is 34.1 Å². The molecule has 2 aromatic heterocycles. The lowest BCUT2D eigenvalue weighted by atomic mass is 9.71. The number of fused-ring (bicyclic) bond motifs is 1. The van der Waals surface area contributed by atoms with Crippen LogP contribution in [0.3, 0.4) is 0 Å². The van der Waals surface area contributed by atoms with Crippen molar-refractivity contribution in [3.63, 3.8) is 0 Å². The summed E-state index contributed by atoms with van der Waals surface area (Å²) in [6.07, 6.45) is 4.85. The smallest absolute Gasteiger partial charge is 0.148 e. The molecule has 5 rings (SSSR count). The van der Waals surface area contributed by atoms with Crippen LogP contribution < -0.4 is 19.5 Å². The summed E-state index contributed by atoms with van der Waals surface area (Å²) in [7, 11) is 4.66. The van der Waals surface area contributed by atoms with Crippen LogP contribution in [0.15, 0.2) is 55.0 Å². The van der Waals surface area contributed by atoms with Gasteiger partial charge in [-0.05, 0) is 62.4 Å². The van der Waals surface area contributed by atoms with Gasteiger partial charge in [-0.25, -0.2) is 14.4 Å². The number of nitrogens with zero attached hydrogens (tertiary/aromatic N) is 4. The number of hydrogen-bond donors (Lipinski definition) is 3. The van der Waals surface area contributed by atoms with Gasteiger partial charge in [0.1, 0.15) is 52.2 Å². The van der Waals surface area contributed by atoms with Crippen LogP contribution >= 0.6 is 0 Å². The number of ether oxygens (including phenoxy) is 3. The molecule has 220 valence electrons. The molecule has 0 atom stereocenters. The normalized spacial score (nSPS) is 16.4. The maximum absolute atomic E-state index is 14.8. The van der Waals surface area contributed by atoms with E-state index in [0.717, 1.165) is 24.0 Å². The molecule has 0 bridgehead atoms. The largest absolute Gasteiger partial charge is 0.497 e. The second-order valence-corrected chi connectivity index (χ2v) is 10.8. The van der Waals surface area contributed by atoms with E-state index in [-0.39, 0.29) is 17.6 Å². The molecular weight excluding hydrogens is 539 g/mol. The van der Waals surface area contributed by atoms with E-state index in [9.17, 15) is 9.50 Å². The lowest BCUT2D eigenvalue weighted by Gasteiger charge is -2.34. The minimum atomic E-state index is -0.993. The molecule has 0 radical (unpaired) electrons. The minimum Gasteiger partial charge on any atom is -0.497 e. The van der Waals surface area contributed by atoms with Gasteiger partial charge in [0, 0.05) is 41.7 Å². The summed E-state index contributed by atoms with van der Waals surface area (Å²) in [5.74, 6) is 2.52. The van der Waals surface area contributed by atoms with Crippen molar-refractivity contribution in [2.45, 2.75) is 50.7 Å². The molecule has 0 aliphatic heterocycles. The SMILES string of the molecule is COc1ccc(CNc2nc(C3CC(c4ccc(C(C)(C)O)nc4)C3)[nH]ncnc3c(OC)cc(F)cc23)c(OC)c1. The molecule has 1 fully saturated rings. The third-order valence-corrected chi connectivity index (χ3v) is 7.52. The summed E-state index contributed by atoms with van der Waals surface area (Å²) in [6, 6.07) is 12.1. The number of aromatic amines is 1. The van der Waals surface area contributed by atoms with Crippen LogP contribution in [0.5, 0.6) is 17.2 Å². The number of pyridine rings is 1. The molecule has 11 heteroatoms. The zero-order chi connectivity index (χ0) is 29.9. The van der Waals surface area contributed by atoms with Crippen LogP contribution in [0, 0.1) is 5.82 Å². The van der Waals surface area contributed by atoms with Gasteiger partial charge >= 0.3 is 0 Å². The van der Waals surface area contributed by atoms with Gasteiger partial charge in [0.15, 0.2) is 0 Å². The van der Waals surface area contributed by atoms with Gasteiger partial charge in [-0.1, -0.05) is 6.07 Å². The lowest BCUT2D eigenvalue weighted by molar-refractivity contribution is 0.0738. The highest BCUT2D eigenvalue weighted by atomic mass is 19.1. The Morgan fingerprint density at radius 3 is 2.43 bits per heavy atom. The Kier molecular flexibility index (Phi) is 8.39. The topological polar surface area (TPSA) is 127 Å². The first kappa shape index (κ1) is 29.0. The van der Waals surface area contributed by atoms with Gasteiger partial charge < -0.3 is 24.6 Å². The van der Waals surface area contributed by atoms with Crippen LogP contribution in [0.25, 0.3) is 10.9 Å². The first-order valence-corrected chi connectivity index (χ1v) is 13.7. The van der Waals surface area contributed by atoms with E-state index in [1.165, 1.54) is 25.6 Å². The number of H-pyrrole nitrogens is 1. The van der Waals surface area contributed by atoms with E-state index < -0.39 is 11.4 Å². The van der Waals surface area contributed by atoms with Crippen molar-refractivity contribution < 1.29 is 23.7 Å². The summed E-state index contributed by atoms with van der Waals surface area (Å²) < 4.78 is 31.1. The first-order chi connectivity index (χ1) is 20.2. The summed E-state index contributed by atoms with van der Waals surface area (Å²) in [6.45, 7) is 3.77. The number of benzene rings is 2. The number of halogens is 1. The van der Waals surface area contributed by atoms with Crippen LogP contribution in [-0.4, -0.2) is 51.6 Å². The van der Waals surface area contributed by atoms with Crippen molar-refractivity contribution in [2.75, 3.05) is 26.6 Å². The molecule has 4 aromatic rings. The lowest BCUT2D eigenvalue weighted by Crippen LogP contribution is -2.23. The molecule has 3 N–H and O–H groups in total. The van der Waals surface area contributed by atoms with Crippen molar-refractivity contribution in [1.29, 1.82) is 0 Å².